The van der Waals surface area contributed by atoms with E-state index in [2.05, 4.69) is 10.6 Å². The number of nitrogens with zero attached hydrogens (tertiary/aromatic N) is 1. The molecule has 3 amide bonds. The van der Waals surface area contributed by atoms with Gasteiger partial charge in [-0.1, -0.05) is 6.07 Å². The molecule has 8 heteroatoms. The Labute approximate surface area is 146 Å². The number of primary amides is 1. The van der Waals surface area contributed by atoms with Crippen LogP contribution in [0, 0.1) is 0 Å². The summed E-state index contributed by atoms with van der Waals surface area (Å²) in [5.41, 5.74) is 5.27. The Morgan fingerprint density at radius 1 is 1.39 bits per heavy atom. The van der Waals surface area contributed by atoms with Crippen molar-refractivity contribution in [2.45, 2.75) is 43.8 Å². The molecule has 2 aliphatic heterocycles. The number of carbonyl (C=O) groups is 2. The zero-order valence-electron chi connectivity index (χ0n) is 12.9. The number of nitrogens with two attached hydrogens (primary N) is 1. The first-order chi connectivity index (χ1) is 10.6. The molecule has 4 N–H and O–H groups in total. The van der Waals surface area contributed by atoms with E-state index in [9.17, 15) is 9.59 Å². The van der Waals surface area contributed by atoms with Gasteiger partial charge < -0.3 is 21.3 Å². The number of hydrogen-bond acceptors (Lipinski definition) is 4. The molecule has 1 aromatic heterocycles. The molecule has 0 radical (unpaired) electrons. The van der Waals surface area contributed by atoms with Crippen LogP contribution in [0.2, 0.25) is 0 Å². The van der Waals surface area contributed by atoms with E-state index in [1.54, 1.807) is 0 Å². The van der Waals surface area contributed by atoms with E-state index in [1.165, 1.54) is 11.3 Å². The summed E-state index contributed by atoms with van der Waals surface area (Å²) in [6, 6.07) is 3.55. The Morgan fingerprint density at radius 3 is 2.87 bits per heavy atom. The predicted molar refractivity (Wildman–Crippen MR) is 92.8 cm³/mol. The largest absolute Gasteiger partial charge is 0.352 e. The number of halogens is 1. The van der Waals surface area contributed by atoms with Crippen molar-refractivity contribution in [3.8, 4) is 0 Å². The fourth-order valence-corrected chi connectivity index (χ4v) is 4.33. The summed E-state index contributed by atoms with van der Waals surface area (Å²) in [7, 11) is 0. The van der Waals surface area contributed by atoms with E-state index < -0.39 is 6.03 Å². The van der Waals surface area contributed by atoms with Crippen molar-refractivity contribution < 1.29 is 9.59 Å². The number of thiophene rings is 1. The average Bonchev–Trinajstić information content (AvgIpc) is 3.04. The highest BCUT2D eigenvalue weighted by atomic mass is 35.5. The minimum Gasteiger partial charge on any atom is -0.352 e. The molecule has 0 spiro atoms. The first kappa shape index (κ1) is 18.0. The molecule has 23 heavy (non-hydrogen) atoms. The number of nitrogens with one attached hydrogen (secondary N) is 2. The molecule has 3 atom stereocenters. The van der Waals surface area contributed by atoms with E-state index in [0.29, 0.717) is 6.04 Å². The van der Waals surface area contributed by atoms with Crippen LogP contribution in [-0.2, 0) is 4.79 Å². The Hall–Kier alpha value is -1.31. The third-order valence-corrected chi connectivity index (χ3v) is 5.51. The van der Waals surface area contributed by atoms with Crippen LogP contribution in [0.4, 0.5) is 4.79 Å². The molecule has 3 unspecified atom stereocenters. The number of rotatable bonds is 4. The second kappa shape index (κ2) is 7.99. The molecular weight excluding hydrogens is 336 g/mol. The molecule has 3 rings (SSSR count). The summed E-state index contributed by atoms with van der Waals surface area (Å²) < 4.78 is 0. The van der Waals surface area contributed by atoms with Crippen molar-refractivity contribution in [2.75, 3.05) is 13.1 Å². The molecular formula is C15H23ClN4O2S. The van der Waals surface area contributed by atoms with E-state index in [4.69, 9.17) is 5.73 Å². The molecule has 128 valence electrons. The first-order valence-electron chi connectivity index (χ1n) is 7.76. The highest BCUT2D eigenvalue weighted by Crippen LogP contribution is 2.31. The van der Waals surface area contributed by atoms with Crippen LogP contribution >= 0.6 is 23.7 Å². The second-order valence-electron chi connectivity index (χ2n) is 5.96. The van der Waals surface area contributed by atoms with Crippen molar-refractivity contribution in [1.82, 2.24) is 15.5 Å². The lowest BCUT2D eigenvalue weighted by Gasteiger charge is -2.29. The fourth-order valence-electron chi connectivity index (χ4n) is 3.55. The Balaban J connectivity index is 0.00000192. The molecule has 3 heterocycles. The zero-order chi connectivity index (χ0) is 15.5. The smallest absolute Gasteiger partial charge is 0.312 e. The van der Waals surface area contributed by atoms with E-state index in [0.717, 1.165) is 37.2 Å². The van der Waals surface area contributed by atoms with Crippen LogP contribution < -0.4 is 16.4 Å². The van der Waals surface area contributed by atoms with Crippen molar-refractivity contribution >= 4 is 35.7 Å². The summed E-state index contributed by atoms with van der Waals surface area (Å²) in [6.07, 6.45) is 3.44. The van der Waals surface area contributed by atoms with Gasteiger partial charge in [0.1, 0.15) is 0 Å². The van der Waals surface area contributed by atoms with Gasteiger partial charge in [-0.2, -0.15) is 0 Å². The number of urea groups is 1. The van der Waals surface area contributed by atoms with Crippen molar-refractivity contribution in [2.24, 2.45) is 5.73 Å². The van der Waals surface area contributed by atoms with Gasteiger partial charge in [-0.05, 0) is 37.3 Å². The summed E-state index contributed by atoms with van der Waals surface area (Å²) in [6.45, 7) is 1.84. The van der Waals surface area contributed by atoms with Crippen LogP contribution in [0.3, 0.4) is 0 Å². The van der Waals surface area contributed by atoms with Crippen LogP contribution in [0.25, 0.3) is 0 Å². The van der Waals surface area contributed by atoms with E-state index in [1.807, 2.05) is 22.4 Å². The highest BCUT2D eigenvalue weighted by Gasteiger charge is 2.38. The third-order valence-electron chi connectivity index (χ3n) is 4.52. The van der Waals surface area contributed by atoms with Gasteiger partial charge in [0.2, 0.25) is 5.91 Å². The highest BCUT2D eigenvalue weighted by molar-refractivity contribution is 7.10. The van der Waals surface area contributed by atoms with Gasteiger partial charge in [-0.3, -0.25) is 4.79 Å². The molecule has 6 nitrogen and oxygen atoms in total. The maximum atomic E-state index is 12.8. The topological polar surface area (TPSA) is 87.5 Å². The monoisotopic (exact) mass is 358 g/mol. The zero-order valence-corrected chi connectivity index (χ0v) is 14.5. The summed E-state index contributed by atoms with van der Waals surface area (Å²) in [4.78, 5) is 27.1. The Morgan fingerprint density at radius 2 is 2.17 bits per heavy atom. The summed E-state index contributed by atoms with van der Waals surface area (Å²) in [5, 5.41) is 8.04. The van der Waals surface area contributed by atoms with Crippen LogP contribution in [0.5, 0.6) is 0 Å². The molecule has 0 aliphatic carbocycles. The molecule has 2 aliphatic rings. The van der Waals surface area contributed by atoms with Gasteiger partial charge in [0.25, 0.3) is 0 Å². The van der Waals surface area contributed by atoms with E-state index in [-0.39, 0.29) is 36.8 Å². The van der Waals surface area contributed by atoms with Crippen molar-refractivity contribution in [3.63, 3.8) is 0 Å². The normalized spacial score (nSPS) is 24.4. The molecule has 2 saturated heterocycles. The predicted octanol–water partition coefficient (Wildman–Crippen LogP) is 1.62. The number of carbonyl (C=O) groups excluding carboxylic acids is 2. The lowest BCUT2D eigenvalue weighted by Crippen LogP contribution is -2.44. The minimum atomic E-state index is -0.591. The maximum absolute atomic E-state index is 12.8. The van der Waals surface area contributed by atoms with Gasteiger partial charge in [0.05, 0.1) is 12.5 Å². The van der Waals surface area contributed by atoms with Crippen molar-refractivity contribution in [1.29, 1.82) is 0 Å². The van der Waals surface area contributed by atoms with Gasteiger partial charge in [-0.15, -0.1) is 23.7 Å². The molecule has 0 aromatic carbocycles. The Kier molecular flexibility index (Phi) is 6.26. The number of hydrogen-bond donors (Lipinski definition) is 3. The molecule has 2 fully saturated rings. The SMILES string of the molecule is Cl.NC(=O)NC(CC(=O)N1C2CCNCC1CC2)c1cccs1. The van der Waals surface area contributed by atoms with E-state index >= 15 is 0 Å². The van der Waals surface area contributed by atoms with Gasteiger partial charge >= 0.3 is 6.03 Å². The average molecular weight is 359 g/mol. The first-order valence-corrected chi connectivity index (χ1v) is 8.64. The van der Waals surface area contributed by atoms with Gasteiger partial charge in [0, 0.05) is 23.5 Å². The standard InChI is InChI=1S/C15H22N4O2S.ClH/c16-15(21)18-12(13-2-1-7-22-13)8-14(20)19-10-3-4-11(19)9-17-6-5-10;/h1-2,7,10-12,17H,3-6,8-9H2,(H3,16,18,21);1H. The number of fused-ring (bicyclic) bond motifs is 2. The fraction of sp³-hybridized carbons (Fsp3) is 0.600. The molecule has 0 saturated carbocycles. The minimum absolute atomic E-state index is 0. The van der Waals surface area contributed by atoms with Crippen LogP contribution in [0.1, 0.15) is 36.6 Å². The third kappa shape index (κ3) is 4.16. The van der Waals surface area contributed by atoms with Crippen LogP contribution in [0.15, 0.2) is 17.5 Å². The molecule has 2 bridgehead atoms. The maximum Gasteiger partial charge on any atom is 0.312 e. The summed E-state index contributed by atoms with van der Waals surface area (Å²) in [5.74, 6) is 0.114. The quantitative estimate of drug-likeness (QED) is 0.764. The second-order valence-corrected chi connectivity index (χ2v) is 6.94. The van der Waals surface area contributed by atoms with Gasteiger partial charge in [0.15, 0.2) is 0 Å². The number of amides is 3. The lowest BCUT2D eigenvalue weighted by molar-refractivity contribution is -0.134. The molecule has 1 aromatic rings. The lowest BCUT2D eigenvalue weighted by atomic mass is 10.1. The van der Waals surface area contributed by atoms with Crippen molar-refractivity contribution in [3.05, 3.63) is 22.4 Å². The Bertz CT molecular complexity index is 526. The van der Waals surface area contributed by atoms with Gasteiger partial charge in [-0.25, -0.2) is 4.79 Å². The summed E-state index contributed by atoms with van der Waals surface area (Å²) >= 11 is 1.53. The van der Waals surface area contributed by atoms with Crippen LogP contribution in [-0.4, -0.2) is 42.0 Å².